The fourth-order valence-corrected chi connectivity index (χ4v) is 3.00. The Bertz CT molecular complexity index is 651. The van der Waals surface area contributed by atoms with Gasteiger partial charge in [-0.15, -0.1) is 0 Å². The molecule has 0 aromatic heterocycles. The molecule has 120 valence electrons. The average Bonchev–Trinajstić information content (AvgIpc) is 2.52. The van der Waals surface area contributed by atoms with E-state index in [9.17, 15) is 13.2 Å². The van der Waals surface area contributed by atoms with E-state index in [-0.39, 0.29) is 23.9 Å². The predicted molar refractivity (Wildman–Crippen MR) is 82.6 cm³/mol. The third kappa shape index (κ3) is 4.57. The quantitative estimate of drug-likeness (QED) is 0.767. The minimum atomic E-state index is -3.55. The van der Waals surface area contributed by atoms with E-state index in [2.05, 4.69) is 10.0 Å². The maximum Gasteiger partial charge on any atom is 0.286 e. The van der Waals surface area contributed by atoms with E-state index in [1.165, 1.54) is 0 Å². The number of hydrogen-bond donors (Lipinski definition) is 2. The molecule has 2 N–H and O–H groups in total. The van der Waals surface area contributed by atoms with Gasteiger partial charge in [0.05, 0.1) is 11.5 Å². The van der Waals surface area contributed by atoms with E-state index in [1.807, 2.05) is 6.92 Å². The van der Waals surface area contributed by atoms with E-state index >= 15 is 0 Å². The lowest BCUT2D eigenvalue weighted by Gasteiger charge is -2.14. The summed E-state index contributed by atoms with van der Waals surface area (Å²) in [5.74, 6) is 0.00174. The zero-order valence-electron chi connectivity index (χ0n) is 12.5. The Hall–Kier alpha value is -1.86. The molecule has 6 nitrogen and oxygen atoms in total. The van der Waals surface area contributed by atoms with Crippen LogP contribution < -0.4 is 10.0 Å². The van der Waals surface area contributed by atoms with Crippen LogP contribution in [0.15, 0.2) is 41.0 Å². The number of sulfonamides is 1. The van der Waals surface area contributed by atoms with E-state index < -0.39 is 10.0 Å². The van der Waals surface area contributed by atoms with E-state index in [0.29, 0.717) is 12.4 Å². The zero-order chi connectivity index (χ0) is 16.0. The normalized spacial score (nSPS) is 14.9. The Morgan fingerprint density at radius 1 is 1.23 bits per heavy atom. The van der Waals surface area contributed by atoms with Crippen LogP contribution in [0.5, 0.6) is 0 Å². The number of aryl methyl sites for hydroxylation is 1. The molecule has 0 saturated carbocycles. The third-order valence-corrected chi connectivity index (χ3v) is 4.67. The van der Waals surface area contributed by atoms with Crippen LogP contribution in [0.1, 0.15) is 18.4 Å². The van der Waals surface area contributed by atoms with Gasteiger partial charge in [0.1, 0.15) is 0 Å². The number of carbonyl (C=O) groups excluding carboxylic acids is 1. The monoisotopic (exact) mass is 324 g/mol. The van der Waals surface area contributed by atoms with Crippen LogP contribution in [0.25, 0.3) is 0 Å². The summed E-state index contributed by atoms with van der Waals surface area (Å²) < 4.78 is 31.7. The molecule has 0 unspecified atom stereocenters. The van der Waals surface area contributed by atoms with Gasteiger partial charge < -0.3 is 10.1 Å². The maximum absolute atomic E-state index is 12.0. The van der Waals surface area contributed by atoms with Crippen molar-refractivity contribution in [3.8, 4) is 0 Å². The molecule has 0 saturated heterocycles. The first-order chi connectivity index (χ1) is 10.5. The summed E-state index contributed by atoms with van der Waals surface area (Å²) in [5.41, 5.74) is 0.993. The summed E-state index contributed by atoms with van der Waals surface area (Å²) in [7, 11) is -3.55. The van der Waals surface area contributed by atoms with Crippen molar-refractivity contribution in [1.82, 2.24) is 10.0 Å². The second kappa shape index (κ2) is 7.42. The lowest BCUT2D eigenvalue weighted by molar-refractivity contribution is -0.121. The Balaban J connectivity index is 1.79. The Labute approximate surface area is 130 Å². The molecule has 7 heteroatoms. The van der Waals surface area contributed by atoms with Gasteiger partial charge in [-0.25, -0.2) is 13.1 Å². The molecule has 1 aliphatic rings. The summed E-state index contributed by atoms with van der Waals surface area (Å²) >= 11 is 0. The van der Waals surface area contributed by atoms with Gasteiger partial charge in [0, 0.05) is 13.1 Å². The van der Waals surface area contributed by atoms with Gasteiger partial charge in [0.15, 0.2) is 5.76 Å². The molecular weight excluding hydrogens is 304 g/mol. The molecule has 2 rings (SSSR count). The number of amides is 1. The Morgan fingerprint density at radius 3 is 2.59 bits per heavy atom. The molecule has 1 aromatic carbocycles. The van der Waals surface area contributed by atoms with Gasteiger partial charge >= 0.3 is 0 Å². The SMILES string of the molecule is Cc1ccc(S(=O)(=O)NCCNC(=O)C2=CCCCO2)cc1. The summed E-state index contributed by atoms with van der Waals surface area (Å²) in [6.07, 6.45) is 3.48. The highest BCUT2D eigenvalue weighted by atomic mass is 32.2. The van der Waals surface area contributed by atoms with E-state index in [4.69, 9.17) is 4.74 Å². The van der Waals surface area contributed by atoms with Crippen LogP contribution >= 0.6 is 0 Å². The van der Waals surface area contributed by atoms with Crippen LogP contribution in [0.2, 0.25) is 0 Å². The first kappa shape index (κ1) is 16.5. The van der Waals surface area contributed by atoms with Gasteiger partial charge in [-0.1, -0.05) is 17.7 Å². The third-order valence-electron chi connectivity index (χ3n) is 3.19. The molecule has 0 fully saturated rings. The predicted octanol–water partition coefficient (Wildman–Crippen LogP) is 1.08. The van der Waals surface area contributed by atoms with Crippen molar-refractivity contribution in [2.24, 2.45) is 0 Å². The molecule has 0 aliphatic carbocycles. The van der Waals surface area contributed by atoms with Crippen LogP contribution in [0.4, 0.5) is 0 Å². The first-order valence-corrected chi connectivity index (χ1v) is 8.65. The Morgan fingerprint density at radius 2 is 1.95 bits per heavy atom. The molecule has 1 aromatic rings. The molecular formula is C15H20N2O4S. The molecule has 0 bridgehead atoms. The fraction of sp³-hybridized carbons (Fsp3) is 0.400. The number of rotatable bonds is 6. The van der Waals surface area contributed by atoms with Crippen molar-refractivity contribution in [3.63, 3.8) is 0 Å². The minimum absolute atomic E-state index is 0.120. The van der Waals surface area contributed by atoms with Crippen LogP contribution in [-0.4, -0.2) is 34.0 Å². The highest BCUT2D eigenvalue weighted by molar-refractivity contribution is 7.89. The van der Waals surface area contributed by atoms with Gasteiger partial charge in [0.25, 0.3) is 5.91 Å². The summed E-state index contributed by atoms with van der Waals surface area (Å²) in [5, 5.41) is 2.63. The molecule has 0 atom stereocenters. The van der Waals surface area contributed by atoms with Crippen LogP contribution in [0.3, 0.4) is 0 Å². The molecule has 0 radical (unpaired) electrons. The Kier molecular flexibility index (Phi) is 5.57. The highest BCUT2D eigenvalue weighted by Crippen LogP contribution is 2.10. The molecule has 1 amide bonds. The van der Waals surface area contributed by atoms with Crippen LogP contribution in [-0.2, 0) is 19.6 Å². The zero-order valence-corrected chi connectivity index (χ0v) is 13.3. The average molecular weight is 324 g/mol. The first-order valence-electron chi connectivity index (χ1n) is 7.16. The number of nitrogens with one attached hydrogen (secondary N) is 2. The molecule has 22 heavy (non-hydrogen) atoms. The second-order valence-electron chi connectivity index (χ2n) is 5.03. The fourth-order valence-electron chi connectivity index (χ4n) is 1.97. The van der Waals surface area contributed by atoms with Gasteiger partial charge in [0.2, 0.25) is 10.0 Å². The van der Waals surface area contributed by atoms with Gasteiger partial charge in [-0.2, -0.15) is 0 Å². The number of benzene rings is 1. The van der Waals surface area contributed by atoms with Crippen molar-refractivity contribution < 1.29 is 17.9 Å². The lowest BCUT2D eigenvalue weighted by Crippen LogP contribution is -2.36. The van der Waals surface area contributed by atoms with Gasteiger partial charge in [-0.05, 0) is 38.0 Å². The largest absolute Gasteiger partial charge is 0.488 e. The number of ether oxygens (including phenoxy) is 1. The number of allylic oxidation sites excluding steroid dienone is 1. The van der Waals surface area contributed by atoms with Crippen molar-refractivity contribution in [2.75, 3.05) is 19.7 Å². The van der Waals surface area contributed by atoms with E-state index in [0.717, 1.165) is 18.4 Å². The van der Waals surface area contributed by atoms with Crippen molar-refractivity contribution in [1.29, 1.82) is 0 Å². The lowest BCUT2D eigenvalue weighted by atomic mass is 10.2. The highest BCUT2D eigenvalue weighted by Gasteiger charge is 2.15. The summed E-state index contributed by atoms with van der Waals surface area (Å²) in [6, 6.07) is 6.58. The maximum atomic E-state index is 12.0. The smallest absolute Gasteiger partial charge is 0.286 e. The van der Waals surface area contributed by atoms with Crippen molar-refractivity contribution >= 4 is 15.9 Å². The van der Waals surface area contributed by atoms with Gasteiger partial charge in [-0.3, -0.25) is 4.79 Å². The summed E-state index contributed by atoms with van der Waals surface area (Å²) in [4.78, 5) is 12.0. The molecule has 1 heterocycles. The topological polar surface area (TPSA) is 84.5 Å². The summed E-state index contributed by atoms with van der Waals surface area (Å²) in [6.45, 7) is 2.75. The number of hydrogen-bond acceptors (Lipinski definition) is 4. The van der Waals surface area contributed by atoms with Crippen molar-refractivity contribution in [3.05, 3.63) is 41.7 Å². The number of carbonyl (C=O) groups is 1. The molecule has 0 spiro atoms. The van der Waals surface area contributed by atoms with E-state index in [1.54, 1.807) is 30.3 Å². The standard InChI is InChI=1S/C15H20N2O4S/c1-12-5-7-13(8-6-12)22(19,20)17-10-9-16-15(18)14-4-2-3-11-21-14/h4-8,17H,2-3,9-11H2,1H3,(H,16,18). The molecule has 1 aliphatic heterocycles. The van der Waals surface area contributed by atoms with Crippen molar-refractivity contribution in [2.45, 2.75) is 24.7 Å². The van der Waals surface area contributed by atoms with Crippen LogP contribution in [0, 0.1) is 6.92 Å². The minimum Gasteiger partial charge on any atom is -0.488 e. The second-order valence-corrected chi connectivity index (χ2v) is 6.79.